The van der Waals surface area contributed by atoms with Crippen molar-refractivity contribution >= 4 is 0 Å². The Bertz CT molecular complexity index is 369. The molecular weight excluding hydrogens is 205 g/mol. The third kappa shape index (κ3) is 2.80. The Morgan fingerprint density at radius 2 is 2.31 bits per heavy atom. The summed E-state index contributed by atoms with van der Waals surface area (Å²) in [6.07, 6.45) is 3.80. The van der Waals surface area contributed by atoms with E-state index < -0.39 is 5.60 Å². The molecule has 3 heteroatoms. The summed E-state index contributed by atoms with van der Waals surface area (Å²) in [6, 6.07) is 6.50. The van der Waals surface area contributed by atoms with E-state index in [1.807, 2.05) is 6.07 Å². The molecule has 3 N–H and O–H groups in total. The maximum absolute atomic E-state index is 13.0. The van der Waals surface area contributed by atoms with Gasteiger partial charge in [0.2, 0.25) is 0 Å². The highest BCUT2D eigenvalue weighted by atomic mass is 19.1. The minimum Gasteiger partial charge on any atom is -0.389 e. The number of rotatable bonds is 2. The van der Waals surface area contributed by atoms with Gasteiger partial charge in [-0.2, -0.15) is 0 Å². The molecule has 1 aliphatic carbocycles. The number of benzene rings is 1. The van der Waals surface area contributed by atoms with Gasteiger partial charge in [0, 0.05) is 12.5 Å². The fourth-order valence-electron chi connectivity index (χ4n) is 2.57. The van der Waals surface area contributed by atoms with Crippen molar-refractivity contribution in [3.63, 3.8) is 0 Å². The van der Waals surface area contributed by atoms with Crippen LogP contribution in [0.15, 0.2) is 24.3 Å². The van der Waals surface area contributed by atoms with Gasteiger partial charge in [0.1, 0.15) is 5.82 Å². The molecule has 0 saturated heterocycles. The summed E-state index contributed by atoms with van der Waals surface area (Å²) < 4.78 is 13.0. The second kappa shape index (κ2) is 4.52. The molecule has 0 spiro atoms. The van der Waals surface area contributed by atoms with Gasteiger partial charge in [0.05, 0.1) is 5.60 Å². The maximum atomic E-state index is 13.0. The van der Waals surface area contributed by atoms with Crippen LogP contribution in [0.4, 0.5) is 4.39 Å². The Morgan fingerprint density at radius 1 is 1.50 bits per heavy atom. The first-order chi connectivity index (χ1) is 7.57. The number of hydrogen-bond acceptors (Lipinski definition) is 2. The van der Waals surface area contributed by atoms with Crippen LogP contribution in [0, 0.1) is 5.82 Å². The van der Waals surface area contributed by atoms with Gasteiger partial charge < -0.3 is 10.8 Å². The van der Waals surface area contributed by atoms with E-state index in [9.17, 15) is 9.50 Å². The average Bonchev–Trinajstić information content (AvgIpc) is 2.16. The molecule has 88 valence electrons. The molecule has 1 aliphatic rings. The van der Waals surface area contributed by atoms with Crippen LogP contribution in [0.5, 0.6) is 0 Å². The predicted molar refractivity (Wildman–Crippen MR) is 61.5 cm³/mol. The third-order valence-corrected chi connectivity index (χ3v) is 3.28. The Labute approximate surface area is 95.3 Å². The molecule has 1 saturated carbocycles. The molecule has 0 bridgehead atoms. The quantitative estimate of drug-likeness (QED) is 0.805. The lowest BCUT2D eigenvalue weighted by molar-refractivity contribution is -0.00194. The van der Waals surface area contributed by atoms with Gasteiger partial charge in [0.15, 0.2) is 0 Å². The van der Waals surface area contributed by atoms with E-state index in [0.29, 0.717) is 12.8 Å². The van der Waals surface area contributed by atoms with Gasteiger partial charge in [-0.1, -0.05) is 12.1 Å². The van der Waals surface area contributed by atoms with Gasteiger partial charge in [-0.05, 0) is 43.4 Å². The second-order valence-corrected chi connectivity index (χ2v) is 4.89. The minimum absolute atomic E-state index is 0.0762. The van der Waals surface area contributed by atoms with Gasteiger partial charge in [0.25, 0.3) is 0 Å². The van der Waals surface area contributed by atoms with Crippen molar-refractivity contribution in [1.82, 2.24) is 0 Å². The number of hydrogen-bond donors (Lipinski definition) is 2. The van der Waals surface area contributed by atoms with E-state index >= 15 is 0 Å². The molecule has 0 aromatic heterocycles. The molecule has 2 nitrogen and oxygen atoms in total. The molecule has 0 heterocycles. The number of nitrogens with two attached hydrogens (primary N) is 1. The minimum atomic E-state index is -0.745. The summed E-state index contributed by atoms with van der Waals surface area (Å²) in [7, 11) is 0. The summed E-state index contributed by atoms with van der Waals surface area (Å²) in [5.74, 6) is -0.249. The van der Waals surface area contributed by atoms with E-state index in [2.05, 4.69) is 0 Å². The normalized spacial score (nSPS) is 30.3. The lowest BCUT2D eigenvalue weighted by Gasteiger charge is -2.35. The van der Waals surface area contributed by atoms with Crippen molar-refractivity contribution in [2.24, 2.45) is 5.73 Å². The first-order valence-corrected chi connectivity index (χ1v) is 5.80. The highest BCUT2D eigenvalue weighted by Gasteiger charge is 2.32. The van der Waals surface area contributed by atoms with Crippen LogP contribution in [0.3, 0.4) is 0 Å². The summed E-state index contributed by atoms with van der Waals surface area (Å²) >= 11 is 0. The molecule has 0 aliphatic heterocycles. The van der Waals surface area contributed by atoms with E-state index in [4.69, 9.17) is 5.73 Å². The fourth-order valence-corrected chi connectivity index (χ4v) is 2.57. The van der Waals surface area contributed by atoms with Crippen molar-refractivity contribution in [3.05, 3.63) is 35.6 Å². The SMILES string of the molecule is NC1CCCC(O)(Cc2cccc(F)c2)C1. The van der Waals surface area contributed by atoms with Crippen molar-refractivity contribution < 1.29 is 9.50 Å². The number of aliphatic hydroxyl groups is 1. The average molecular weight is 223 g/mol. The van der Waals surface area contributed by atoms with Crippen LogP contribution in [0.2, 0.25) is 0 Å². The Morgan fingerprint density at radius 3 is 3.00 bits per heavy atom. The Balaban J connectivity index is 2.08. The smallest absolute Gasteiger partial charge is 0.123 e. The predicted octanol–water partition coefficient (Wildman–Crippen LogP) is 2.00. The van der Waals surface area contributed by atoms with Gasteiger partial charge >= 0.3 is 0 Å². The van der Waals surface area contributed by atoms with Crippen LogP contribution in [-0.4, -0.2) is 16.7 Å². The summed E-state index contributed by atoms with van der Waals surface area (Å²) in [5.41, 5.74) is 5.96. The molecule has 0 amide bonds. The molecular formula is C13H18FNO. The highest BCUT2D eigenvalue weighted by molar-refractivity contribution is 5.18. The van der Waals surface area contributed by atoms with Crippen LogP contribution in [0.1, 0.15) is 31.2 Å². The zero-order valence-electron chi connectivity index (χ0n) is 9.32. The second-order valence-electron chi connectivity index (χ2n) is 4.89. The van der Waals surface area contributed by atoms with E-state index in [0.717, 1.165) is 24.8 Å². The molecule has 1 fully saturated rings. The van der Waals surface area contributed by atoms with Crippen LogP contribution < -0.4 is 5.73 Å². The first-order valence-electron chi connectivity index (χ1n) is 5.80. The summed E-state index contributed by atoms with van der Waals surface area (Å²) in [5, 5.41) is 10.4. The maximum Gasteiger partial charge on any atom is 0.123 e. The van der Waals surface area contributed by atoms with Crippen molar-refractivity contribution in [2.75, 3.05) is 0 Å². The Kier molecular flexibility index (Phi) is 3.26. The lowest BCUT2D eigenvalue weighted by Crippen LogP contribution is -2.42. The molecule has 16 heavy (non-hydrogen) atoms. The van der Waals surface area contributed by atoms with Crippen molar-refractivity contribution in [3.8, 4) is 0 Å². The number of halogens is 1. The van der Waals surface area contributed by atoms with E-state index in [-0.39, 0.29) is 11.9 Å². The zero-order chi connectivity index (χ0) is 11.6. The lowest BCUT2D eigenvalue weighted by atomic mass is 9.78. The highest BCUT2D eigenvalue weighted by Crippen LogP contribution is 2.30. The Hall–Kier alpha value is -0.930. The van der Waals surface area contributed by atoms with Crippen LogP contribution >= 0.6 is 0 Å². The van der Waals surface area contributed by atoms with Gasteiger partial charge in [-0.15, -0.1) is 0 Å². The summed E-state index contributed by atoms with van der Waals surface area (Å²) in [6.45, 7) is 0. The van der Waals surface area contributed by atoms with Crippen LogP contribution in [-0.2, 0) is 6.42 Å². The summed E-state index contributed by atoms with van der Waals surface area (Å²) in [4.78, 5) is 0. The third-order valence-electron chi connectivity index (χ3n) is 3.28. The van der Waals surface area contributed by atoms with E-state index in [1.54, 1.807) is 6.07 Å². The van der Waals surface area contributed by atoms with Crippen LogP contribution in [0.25, 0.3) is 0 Å². The molecule has 2 unspecified atom stereocenters. The van der Waals surface area contributed by atoms with Crippen molar-refractivity contribution in [2.45, 2.75) is 43.7 Å². The van der Waals surface area contributed by atoms with Crippen molar-refractivity contribution in [1.29, 1.82) is 0 Å². The first kappa shape index (κ1) is 11.6. The monoisotopic (exact) mass is 223 g/mol. The molecule has 2 rings (SSSR count). The topological polar surface area (TPSA) is 46.2 Å². The zero-order valence-corrected chi connectivity index (χ0v) is 9.32. The molecule has 1 aromatic rings. The van der Waals surface area contributed by atoms with E-state index in [1.165, 1.54) is 12.1 Å². The van der Waals surface area contributed by atoms with Gasteiger partial charge in [-0.25, -0.2) is 4.39 Å². The largest absolute Gasteiger partial charge is 0.389 e. The molecule has 1 aromatic carbocycles. The fraction of sp³-hybridized carbons (Fsp3) is 0.538. The molecule has 0 radical (unpaired) electrons. The van der Waals surface area contributed by atoms with Gasteiger partial charge in [-0.3, -0.25) is 0 Å². The molecule has 2 atom stereocenters. The standard InChI is InChI=1S/C13H18FNO/c14-11-4-1-3-10(7-11)8-13(16)6-2-5-12(15)9-13/h1,3-4,7,12,16H,2,5-6,8-9,15H2.